The molecule has 0 unspecified atom stereocenters. The van der Waals surface area contributed by atoms with Crippen LogP contribution in [0, 0.1) is 6.92 Å². The van der Waals surface area contributed by atoms with E-state index in [0.717, 1.165) is 36.6 Å². The van der Waals surface area contributed by atoms with Crippen molar-refractivity contribution in [3.8, 4) is 0 Å². The molecule has 90 valence electrons. The van der Waals surface area contributed by atoms with Crippen molar-refractivity contribution in [3.63, 3.8) is 0 Å². The summed E-state index contributed by atoms with van der Waals surface area (Å²) in [5, 5.41) is 9.80. The van der Waals surface area contributed by atoms with Gasteiger partial charge in [0.05, 0.1) is 6.10 Å². The third-order valence-corrected chi connectivity index (χ3v) is 2.95. The van der Waals surface area contributed by atoms with Gasteiger partial charge in [-0.1, -0.05) is 13.0 Å². The van der Waals surface area contributed by atoms with Gasteiger partial charge in [0.1, 0.15) is 5.82 Å². The van der Waals surface area contributed by atoms with Crippen LogP contribution in [0.4, 0.5) is 5.82 Å². The van der Waals surface area contributed by atoms with Crippen molar-refractivity contribution in [1.29, 1.82) is 0 Å². The molecule has 0 aromatic carbocycles. The fourth-order valence-electron chi connectivity index (χ4n) is 1.85. The van der Waals surface area contributed by atoms with Gasteiger partial charge in [-0.15, -0.1) is 0 Å². The SMILES string of the molecule is CC[C@H](O)c1ccc(N(CC)CC)nc1C. The van der Waals surface area contributed by atoms with Crippen LogP contribution in [-0.2, 0) is 0 Å². The van der Waals surface area contributed by atoms with Crippen LogP contribution in [0.15, 0.2) is 12.1 Å². The summed E-state index contributed by atoms with van der Waals surface area (Å²) >= 11 is 0. The molecule has 0 saturated carbocycles. The molecule has 0 saturated heterocycles. The summed E-state index contributed by atoms with van der Waals surface area (Å²) in [6.45, 7) is 10.1. The summed E-state index contributed by atoms with van der Waals surface area (Å²) < 4.78 is 0. The second-order valence-corrected chi connectivity index (χ2v) is 3.94. The fraction of sp³-hybridized carbons (Fsp3) is 0.615. The lowest BCUT2D eigenvalue weighted by Crippen LogP contribution is -2.23. The molecule has 3 heteroatoms. The summed E-state index contributed by atoms with van der Waals surface area (Å²) in [7, 11) is 0. The Hall–Kier alpha value is -1.09. The van der Waals surface area contributed by atoms with Gasteiger partial charge in [0.2, 0.25) is 0 Å². The van der Waals surface area contributed by atoms with Crippen molar-refractivity contribution in [2.75, 3.05) is 18.0 Å². The predicted octanol–water partition coefficient (Wildman–Crippen LogP) is 2.68. The van der Waals surface area contributed by atoms with Gasteiger partial charge in [0.25, 0.3) is 0 Å². The molecule has 0 bridgehead atoms. The fourth-order valence-corrected chi connectivity index (χ4v) is 1.85. The van der Waals surface area contributed by atoms with E-state index in [4.69, 9.17) is 0 Å². The molecule has 1 heterocycles. The molecule has 1 atom stereocenters. The Balaban J connectivity index is 2.98. The highest BCUT2D eigenvalue weighted by molar-refractivity contribution is 5.41. The lowest BCUT2D eigenvalue weighted by atomic mass is 10.1. The molecule has 0 amide bonds. The molecule has 0 aliphatic rings. The van der Waals surface area contributed by atoms with E-state index in [1.807, 2.05) is 26.0 Å². The van der Waals surface area contributed by atoms with Crippen molar-refractivity contribution in [1.82, 2.24) is 4.98 Å². The maximum atomic E-state index is 9.80. The van der Waals surface area contributed by atoms with E-state index in [1.54, 1.807) is 0 Å². The number of aromatic nitrogens is 1. The van der Waals surface area contributed by atoms with Crippen LogP contribution in [-0.4, -0.2) is 23.2 Å². The number of hydrogen-bond donors (Lipinski definition) is 1. The maximum Gasteiger partial charge on any atom is 0.128 e. The largest absolute Gasteiger partial charge is 0.388 e. The summed E-state index contributed by atoms with van der Waals surface area (Å²) in [5.74, 6) is 0.995. The van der Waals surface area contributed by atoms with Crippen molar-refractivity contribution in [2.24, 2.45) is 0 Å². The first-order valence-corrected chi connectivity index (χ1v) is 6.04. The average Bonchev–Trinajstić information content (AvgIpc) is 2.30. The third kappa shape index (κ3) is 2.73. The molecular weight excluding hydrogens is 200 g/mol. The quantitative estimate of drug-likeness (QED) is 0.832. The Labute approximate surface area is 98.1 Å². The minimum Gasteiger partial charge on any atom is -0.388 e. The third-order valence-electron chi connectivity index (χ3n) is 2.95. The predicted molar refractivity (Wildman–Crippen MR) is 67.8 cm³/mol. The van der Waals surface area contributed by atoms with E-state index < -0.39 is 6.10 Å². The number of aliphatic hydroxyl groups is 1. The number of nitrogens with zero attached hydrogens (tertiary/aromatic N) is 2. The second kappa shape index (κ2) is 5.85. The zero-order valence-electron chi connectivity index (χ0n) is 10.7. The molecule has 0 spiro atoms. The second-order valence-electron chi connectivity index (χ2n) is 3.94. The van der Waals surface area contributed by atoms with E-state index >= 15 is 0 Å². The number of aliphatic hydroxyl groups excluding tert-OH is 1. The standard InChI is InChI=1S/C13H22N2O/c1-5-12(16)11-8-9-13(14-10(11)4)15(6-2)7-3/h8-9,12,16H,5-7H2,1-4H3/t12-/m0/s1. The molecular formula is C13H22N2O. The van der Waals surface area contributed by atoms with Crippen LogP contribution in [0.2, 0.25) is 0 Å². The Bertz CT molecular complexity index is 335. The van der Waals surface area contributed by atoms with Crippen molar-refractivity contribution < 1.29 is 5.11 Å². The van der Waals surface area contributed by atoms with Crippen molar-refractivity contribution in [2.45, 2.75) is 40.2 Å². The van der Waals surface area contributed by atoms with E-state index in [9.17, 15) is 5.11 Å². The smallest absolute Gasteiger partial charge is 0.128 e. The van der Waals surface area contributed by atoms with E-state index in [-0.39, 0.29) is 0 Å². The van der Waals surface area contributed by atoms with Crippen LogP contribution < -0.4 is 4.90 Å². The number of anilines is 1. The topological polar surface area (TPSA) is 36.4 Å². The van der Waals surface area contributed by atoms with E-state index in [2.05, 4.69) is 23.7 Å². The van der Waals surface area contributed by atoms with Gasteiger partial charge >= 0.3 is 0 Å². The van der Waals surface area contributed by atoms with Crippen LogP contribution in [0.3, 0.4) is 0 Å². The van der Waals surface area contributed by atoms with Crippen LogP contribution >= 0.6 is 0 Å². The summed E-state index contributed by atoms with van der Waals surface area (Å²) in [5.41, 5.74) is 1.87. The maximum absolute atomic E-state index is 9.80. The minimum absolute atomic E-state index is 0.391. The first kappa shape index (κ1) is 13.0. The summed E-state index contributed by atoms with van der Waals surface area (Å²) in [6.07, 6.45) is 0.339. The van der Waals surface area contributed by atoms with Gasteiger partial charge in [-0.25, -0.2) is 4.98 Å². The number of pyridine rings is 1. The molecule has 16 heavy (non-hydrogen) atoms. The van der Waals surface area contributed by atoms with E-state index in [1.165, 1.54) is 0 Å². The highest BCUT2D eigenvalue weighted by Gasteiger charge is 2.11. The van der Waals surface area contributed by atoms with Crippen molar-refractivity contribution in [3.05, 3.63) is 23.4 Å². The Morgan fingerprint density at radius 3 is 2.31 bits per heavy atom. The molecule has 0 fully saturated rings. The molecule has 1 aromatic heterocycles. The normalized spacial score (nSPS) is 12.6. The molecule has 3 nitrogen and oxygen atoms in total. The van der Waals surface area contributed by atoms with Gasteiger partial charge in [-0.05, 0) is 33.3 Å². The molecule has 0 aliphatic carbocycles. The molecule has 1 rings (SSSR count). The monoisotopic (exact) mass is 222 g/mol. The average molecular weight is 222 g/mol. The van der Waals surface area contributed by atoms with Gasteiger partial charge < -0.3 is 10.0 Å². The minimum atomic E-state index is -0.391. The molecule has 0 aliphatic heterocycles. The zero-order chi connectivity index (χ0) is 12.1. The summed E-state index contributed by atoms with van der Waals surface area (Å²) in [4.78, 5) is 6.75. The molecule has 1 N–H and O–H groups in total. The molecule has 1 aromatic rings. The van der Waals surface area contributed by atoms with Gasteiger partial charge in [-0.2, -0.15) is 0 Å². The summed E-state index contributed by atoms with van der Waals surface area (Å²) in [6, 6.07) is 3.98. The first-order chi connectivity index (χ1) is 7.63. The number of rotatable bonds is 5. The van der Waals surface area contributed by atoms with Gasteiger partial charge in [0.15, 0.2) is 0 Å². The van der Waals surface area contributed by atoms with E-state index in [0.29, 0.717) is 0 Å². The number of hydrogen-bond acceptors (Lipinski definition) is 3. The van der Waals surface area contributed by atoms with Crippen molar-refractivity contribution >= 4 is 5.82 Å². The highest BCUT2D eigenvalue weighted by atomic mass is 16.3. The Kier molecular flexibility index (Phi) is 4.74. The lowest BCUT2D eigenvalue weighted by Gasteiger charge is -2.21. The Morgan fingerprint density at radius 2 is 1.88 bits per heavy atom. The zero-order valence-corrected chi connectivity index (χ0v) is 10.7. The molecule has 0 radical (unpaired) electrons. The number of aryl methyl sites for hydroxylation is 1. The van der Waals surface area contributed by atoms with Gasteiger partial charge in [0, 0.05) is 24.3 Å². The first-order valence-electron chi connectivity index (χ1n) is 6.04. The van der Waals surface area contributed by atoms with Crippen LogP contribution in [0.1, 0.15) is 44.6 Å². The van der Waals surface area contributed by atoms with Crippen LogP contribution in [0.25, 0.3) is 0 Å². The lowest BCUT2D eigenvalue weighted by molar-refractivity contribution is 0.172. The van der Waals surface area contributed by atoms with Crippen LogP contribution in [0.5, 0.6) is 0 Å². The highest BCUT2D eigenvalue weighted by Crippen LogP contribution is 2.22. The Morgan fingerprint density at radius 1 is 1.25 bits per heavy atom. The van der Waals surface area contributed by atoms with Gasteiger partial charge in [-0.3, -0.25) is 0 Å².